The van der Waals surface area contributed by atoms with E-state index >= 15 is 0 Å². The molecule has 0 heterocycles. The maximum atomic E-state index is 8.55. The lowest BCUT2D eigenvalue weighted by Gasteiger charge is -2.04. The highest BCUT2D eigenvalue weighted by Crippen LogP contribution is 2.21. The molecule has 1 aromatic carbocycles. The van der Waals surface area contributed by atoms with E-state index in [1.54, 1.807) is 12.1 Å². The Morgan fingerprint density at radius 1 is 1.46 bits per heavy atom. The van der Waals surface area contributed by atoms with Crippen molar-refractivity contribution in [1.29, 1.82) is 5.26 Å². The van der Waals surface area contributed by atoms with E-state index in [2.05, 4.69) is 0 Å². The molecule has 0 radical (unpaired) electrons. The zero-order valence-electron chi connectivity index (χ0n) is 7.33. The number of nitrogens with zero attached hydrogens (tertiary/aromatic N) is 1. The number of halogens is 1. The van der Waals surface area contributed by atoms with Gasteiger partial charge in [0.05, 0.1) is 12.7 Å². The van der Waals surface area contributed by atoms with Crippen LogP contribution in [-0.4, -0.2) is 6.61 Å². The van der Waals surface area contributed by atoms with Crippen LogP contribution in [0.1, 0.15) is 17.9 Å². The zero-order valence-corrected chi connectivity index (χ0v) is 8.08. The molecule has 2 nitrogen and oxygen atoms in total. The average molecular weight is 196 g/mol. The summed E-state index contributed by atoms with van der Waals surface area (Å²) in [7, 11) is 0. The number of benzene rings is 1. The van der Waals surface area contributed by atoms with Gasteiger partial charge in [-0.1, -0.05) is 12.1 Å². The first-order valence-electron chi connectivity index (χ1n) is 4.04. The molecule has 0 aliphatic carbocycles. The van der Waals surface area contributed by atoms with E-state index in [1.807, 2.05) is 25.1 Å². The minimum atomic E-state index is -0.573. The SMILES string of the molecule is CCOc1ccc([C@@H](Cl)C#N)cc1. The van der Waals surface area contributed by atoms with Gasteiger partial charge in [-0.25, -0.2) is 0 Å². The Hall–Kier alpha value is -1.20. The molecule has 1 rings (SSSR count). The van der Waals surface area contributed by atoms with E-state index in [-0.39, 0.29) is 0 Å². The molecule has 0 bridgehead atoms. The van der Waals surface area contributed by atoms with Crippen molar-refractivity contribution in [3.63, 3.8) is 0 Å². The second-order valence-corrected chi connectivity index (χ2v) is 2.93. The summed E-state index contributed by atoms with van der Waals surface area (Å²) in [5, 5.41) is 7.97. The van der Waals surface area contributed by atoms with Crippen molar-refractivity contribution < 1.29 is 4.74 Å². The fourth-order valence-electron chi connectivity index (χ4n) is 0.974. The minimum Gasteiger partial charge on any atom is -0.494 e. The second-order valence-electron chi connectivity index (χ2n) is 2.49. The molecule has 0 spiro atoms. The quantitative estimate of drug-likeness (QED) is 0.695. The number of nitriles is 1. The molecule has 0 fully saturated rings. The van der Waals surface area contributed by atoms with Crippen LogP contribution in [0.2, 0.25) is 0 Å². The number of hydrogen-bond acceptors (Lipinski definition) is 2. The number of hydrogen-bond donors (Lipinski definition) is 0. The Bertz CT molecular complexity index is 302. The van der Waals surface area contributed by atoms with E-state index in [4.69, 9.17) is 21.6 Å². The third-order valence-electron chi connectivity index (χ3n) is 1.60. The molecule has 0 aliphatic heterocycles. The van der Waals surface area contributed by atoms with Crippen LogP contribution in [0.3, 0.4) is 0 Å². The molecule has 0 saturated carbocycles. The van der Waals surface area contributed by atoms with Crippen LogP contribution >= 0.6 is 11.6 Å². The maximum Gasteiger partial charge on any atom is 0.145 e. The van der Waals surface area contributed by atoms with Crippen LogP contribution in [0.5, 0.6) is 5.75 Å². The highest BCUT2D eigenvalue weighted by atomic mass is 35.5. The van der Waals surface area contributed by atoms with Crippen LogP contribution in [0.15, 0.2) is 24.3 Å². The van der Waals surface area contributed by atoms with Gasteiger partial charge in [0.15, 0.2) is 0 Å². The van der Waals surface area contributed by atoms with Gasteiger partial charge in [-0.15, -0.1) is 11.6 Å². The van der Waals surface area contributed by atoms with Gasteiger partial charge in [0.2, 0.25) is 0 Å². The van der Waals surface area contributed by atoms with Gasteiger partial charge in [-0.3, -0.25) is 0 Å². The van der Waals surface area contributed by atoms with Crippen LogP contribution in [0, 0.1) is 11.3 Å². The van der Waals surface area contributed by atoms with Crippen molar-refractivity contribution in [2.75, 3.05) is 6.61 Å². The lowest BCUT2D eigenvalue weighted by atomic mass is 10.1. The second kappa shape index (κ2) is 4.74. The molecule has 13 heavy (non-hydrogen) atoms. The Labute approximate surface area is 82.7 Å². The highest BCUT2D eigenvalue weighted by Gasteiger charge is 2.04. The van der Waals surface area contributed by atoms with Crippen LogP contribution in [0.4, 0.5) is 0 Å². The van der Waals surface area contributed by atoms with Crippen molar-refractivity contribution in [1.82, 2.24) is 0 Å². The van der Waals surface area contributed by atoms with Gasteiger partial charge in [-0.2, -0.15) is 5.26 Å². The van der Waals surface area contributed by atoms with Crippen molar-refractivity contribution in [2.24, 2.45) is 0 Å². The first kappa shape index (κ1) is 9.88. The van der Waals surface area contributed by atoms with E-state index in [0.717, 1.165) is 11.3 Å². The molecular formula is C10H10ClNO. The molecule has 0 saturated heterocycles. The topological polar surface area (TPSA) is 33.0 Å². The predicted molar refractivity (Wildman–Crippen MR) is 51.8 cm³/mol. The molecule has 0 aliphatic rings. The lowest BCUT2D eigenvalue weighted by molar-refractivity contribution is 0.340. The van der Waals surface area contributed by atoms with Crippen molar-refractivity contribution in [2.45, 2.75) is 12.3 Å². The molecule has 0 aromatic heterocycles. The number of rotatable bonds is 3. The normalized spacial score (nSPS) is 11.8. The van der Waals surface area contributed by atoms with E-state index < -0.39 is 5.38 Å². The smallest absolute Gasteiger partial charge is 0.145 e. The van der Waals surface area contributed by atoms with E-state index in [1.165, 1.54) is 0 Å². The van der Waals surface area contributed by atoms with Gasteiger partial charge in [0, 0.05) is 0 Å². The summed E-state index contributed by atoms with van der Waals surface area (Å²) in [4.78, 5) is 0. The average Bonchev–Trinajstić information content (AvgIpc) is 2.18. The molecular weight excluding hydrogens is 186 g/mol. The van der Waals surface area contributed by atoms with E-state index in [9.17, 15) is 0 Å². The van der Waals surface area contributed by atoms with Crippen LogP contribution in [-0.2, 0) is 0 Å². The molecule has 0 amide bonds. The first-order valence-corrected chi connectivity index (χ1v) is 4.48. The number of alkyl halides is 1. The third kappa shape index (κ3) is 2.64. The van der Waals surface area contributed by atoms with Gasteiger partial charge >= 0.3 is 0 Å². The highest BCUT2D eigenvalue weighted by molar-refractivity contribution is 6.22. The summed E-state index contributed by atoms with van der Waals surface area (Å²) >= 11 is 5.72. The summed E-state index contributed by atoms with van der Waals surface area (Å²) in [5.74, 6) is 0.799. The monoisotopic (exact) mass is 195 g/mol. The van der Waals surface area contributed by atoms with Crippen LogP contribution in [0.25, 0.3) is 0 Å². The molecule has 0 N–H and O–H groups in total. The van der Waals surface area contributed by atoms with Gasteiger partial charge in [0.1, 0.15) is 11.1 Å². The van der Waals surface area contributed by atoms with Crippen LogP contribution < -0.4 is 4.74 Å². The van der Waals surface area contributed by atoms with Crippen molar-refractivity contribution in [3.8, 4) is 11.8 Å². The lowest BCUT2D eigenvalue weighted by Crippen LogP contribution is -1.92. The first-order chi connectivity index (χ1) is 6.27. The van der Waals surface area contributed by atoms with Gasteiger partial charge < -0.3 is 4.74 Å². The van der Waals surface area contributed by atoms with Crippen molar-refractivity contribution in [3.05, 3.63) is 29.8 Å². The fourth-order valence-corrected chi connectivity index (χ4v) is 1.12. The summed E-state index contributed by atoms with van der Waals surface area (Å²) < 4.78 is 5.25. The summed E-state index contributed by atoms with van der Waals surface area (Å²) in [6.45, 7) is 2.56. The molecule has 1 aromatic rings. The van der Waals surface area contributed by atoms with Gasteiger partial charge in [0.25, 0.3) is 0 Å². The molecule has 68 valence electrons. The summed E-state index contributed by atoms with van der Waals surface area (Å²) in [5.41, 5.74) is 0.799. The Morgan fingerprint density at radius 2 is 2.08 bits per heavy atom. The number of ether oxygens (including phenoxy) is 1. The Kier molecular flexibility index (Phi) is 3.60. The minimum absolute atomic E-state index is 0.573. The summed E-state index contributed by atoms with van der Waals surface area (Å²) in [6, 6.07) is 9.17. The maximum absolute atomic E-state index is 8.55. The van der Waals surface area contributed by atoms with E-state index in [0.29, 0.717) is 6.61 Å². The molecule has 0 unspecified atom stereocenters. The van der Waals surface area contributed by atoms with Gasteiger partial charge in [-0.05, 0) is 24.6 Å². The Morgan fingerprint density at radius 3 is 2.54 bits per heavy atom. The summed E-state index contributed by atoms with van der Waals surface area (Å²) in [6.07, 6.45) is 0. The standard InChI is InChI=1S/C10H10ClNO/c1-2-13-9-5-3-8(4-6-9)10(11)7-12/h3-6,10H,2H2,1H3/t10-/m0/s1. The predicted octanol–water partition coefficient (Wildman–Crippen LogP) is 2.89. The fraction of sp³-hybridized carbons (Fsp3) is 0.300. The zero-order chi connectivity index (χ0) is 9.68. The molecule has 3 heteroatoms. The van der Waals surface area contributed by atoms with Crippen molar-refractivity contribution >= 4 is 11.6 Å². The molecule has 1 atom stereocenters. The Balaban J connectivity index is 2.76. The third-order valence-corrected chi connectivity index (χ3v) is 1.95. The largest absolute Gasteiger partial charge is 0.494 e.